The highest BCUT2D eigenvalue weighted by molar-refractivity contribution is 5.85. The molecule has 0 radical (unpaired) electrons. The van der Waals surface area contributed by atoms with Crippen molar-refractivity contribution in [3.05, 3.63) is 70.1 Å². The first-order valence-corrected chi connectivity index (χ1v) is 5.88. The number of fused-ring (bicyclic) bond motifs is 2. The topological polar surface area (TPSA) is 64.5 Å². The molecule has 3 rings (SSSR count). The number of para-hydroxylation sites is 2. The zero-order chi connectivity index (χ0) is 13.2. The molecule has 1 heterocycles. The Kier molecular flexibility index (Phi) is 2.72. The van der Waals surface area contributed by atoms with Crippen LogP contribution in [0.2, 0.25) is 0 Å². The van der Waals surface area contributed by atoms with Gasteiger partial charge in [0, 0.05) is 18.3 Å². The Morgan fingerprint density at radius 3 is 2.32 bits per heavy atom. The van der Waals surface area contributed by atoms with Crippen molar-refractivity contribution in [3.8, 4) is 0 Å². The van der Waals surface area contributed by atoms with Crippen LogP contribution in [0.5, 0.6) is 0 Å². The molecule has 5 nitrogen and oxygen atoms in total. The molecule has 2 aromatic rings. The molecule has 0 spiro atoms. The van der Waals surface area contributed by atoms with Gasteiger partial charge in [-0.25, -0.2) is 0 Å². The lowest BCUT2D eigenvalue weighted by molar-refractivity contribution is -0.896. The van der Waals surface area contributed by atoms with E-state index in [0.717, 1.165) is 5.56 Å². The highest BCUT2D eigenvalue weighted by Gasteiger charge is 2.22. The van der Waals surface area contributed by atoms with Gasteiger partial charge in [-0.2, -0.15) is 0 Å². The van der Waals surface area contributed by atoms with Gasteiger partial charge in [-0.15, -0.1) is 0 Å². The number of aliphatic imine (C=N–C) groups is 1. The summed E-state index contributed by atoms with van der Waals surface area (Å²) in [6, 6.07) is 13.8. The van der Waals surface area contributed by atoms with Crippen molar-refractivity contribution in [2.75, 3.05) is 0 Å². The zero-order valence-corrected chi connectivity index (χ0v) is 10.1. The van der Waals surface area contributed by atoms with Crippen LogP contribution in [0, 0.1) is 10.4 Å². The van der Waals surface area contributed by atoms with Crippen molar-refractivity contribution in [2.24, 2.45) is 4.99 Å². The molecule has 0 saturated heterocycles. The van der Waals surface area contributed by atoms with Crippen LogP contribution in [0.3, 0.4) is 0 Å². The molecule has 0 N–H and O–H groups in total. The first-order chi connectivity index (χ1) is 9.27. The van der Waals surface area contributed by atoms with Crippen molar-refractivity contribution >= 4 is 17.6 Å². The number of rotatable bonds is 0. The normalized spacial score (nSPS) is 17.9. The fraction of sp³-hybridized carbons (Fsp3) is 0.0714. The summed E-state index contributed by atoms with van der Waals surface area (Å²) < 4.78 is 0. The molecule has 0 unspecified atom stereocenters. The maximum Gasteiger partial charge on any atom is 0.296 e. The van der Waals surface area contributed by atoms with Gasteiger partial charge in [0.2, 0.25) is 0 Å². The Balaban J connectivity index is 2.29. The smallest absolute Gasteiger partial charge is 0.296 e. The second-order valence-electron chi connectivity index (χ2n) is 4.20. The Morgan fingerprint density at radius 1 is 0.842 bits per heavy atom. The summed E-state index contributed by atoms with van der Waals surface area (Å²) in [7, 11) is 0. The molecule has 0 saturated carbocycles. The van der Waals surface area contributed by atoms with E-state index in [2.05, 4.69) is 4.99 Å². The van der Waals surface area contributed by atoms with E-state index in [1.807, 2.05) is 6.07 Å². The van der Waals surface area contributed by atoms with E-state index >= 15 is 0 Å². The fourth-order valence-corrected chi connectivity index (χ4v) is 2.04. The van der Waals surface area contributed by atoms with E-state index in [1.54, 1.807) is 48.7 Å². The van der Waals surface area contributed by atoms with Crippen LogP contribution >= 0.6 is 0 Å². The molecular formula is C14H11N3O2. The van der Waals surface area contributed by atoms with Crippen LogP contribution in [0.25, 0.3) is 0 Å². The number of hydrogen-bond acceptors (Lipinski definition) is 3. The maximum atomic E-state index is 12.2. The third-order valence-corrected chi connectivity index (χ3v) is 3.00. The summed E-state index contributed by atoms with van der Waals surface area (Å²) in [5.41, 5.74) is 1.97. The second kappa shape index (κ2) is 4.53. The second-order valence-corrected chi connectivity index (χ2v) is 4.20. The van der Waals surface area contributed by atoms with Gasteiger partial charge in [0.25, 0.3) is 11.4 Å². The van der Waals surface area contributed by atoms with E-state index in [-0.39, 0.29) is 5.69 Å². The van der Waals surface area contributed by atoms with Crippen LogP contribution < -0.4 is 0 Å². The molecule has 1 aliphatic heterocycles. The summed E-state index contributed by atoms with van der Waals surface area (Å²) in [6.07, 6.45) is 1.62. The molecule has 0 amide bonds. The number of benzene rings is 2. The number of nitrogens with zero attached hydrogens (tertiary/aromatic N) is 3. The molecular weight excluding hydrogens is 242 g/mol. The molecule has 0 aromatic heterocycles. The first kappa shape index (κ1) is 11.4. The van der Waals surface area contributed by atoms with E-state index < -0.39 is 0 Å². The summed E-state index contributed by atoms with van der Waals surface area (Å²) in [4.78, 5) is 5.00. The Labute approximate surface area is 109 Å². The Morgan fingerprint density at radius 2 is 1.47 bits per heavy atom. The lowest BCUT2D eigenvalue weighted by Gasteiger charge is -2.05. The highest BCUT2D eigenvalue weighted by Crippen LogP contribution is 2.24. The molecule has 94 valence electrons. The van der Waals surface area contributed by atoms with Gasteiger partial charge in [-0.05, 0) is 6.07 Å². The van der Waals surface area contributed by atoms with Gasteiger partial charge in [0.1, 0.15) is 0 Å². The highest BCUT2D eigenvalue weighted by atomic mass is 16.6. The van der Waals surface area contributed by atoms with Crippen molar-refractivity contribution in [1.29, 1.82) is 0 Å². The van der Waals surface area contributed by atoms with Crippen molar-refractivity contribution in [1.82, 2.24) is 0 Å². The number of hydrogen-bond donors (Lipinski definition) is 0. The van der Waals surface area contributed by atoms with Crippen molar-refractivity contribution < 1.29 is 9.72 Å². The van der Waals surface area contributed by atoms with Crippen LogP contribution in [-0.4, -0.2) is 15.9 Å². The molecule has 0 atom stereocenters. The largest absolute Gasteiger partial charge is 0.561 e. The van der Waals surface area contributed by atoms with E-state index in [0.29, 0.717) is 27.5 Å². The van der Waals surface area contributed by atoms with Crippen molar-refractivity contribution in [3.63, 3.8) is 0 Å². The predicted octanol–water partition coefficient (Wildman–Crippen LogP) is 3.06. The lowest BCUT2D eigenvalue weighted by Crippen LogP contribution is -2.10. The molecule has 0 bridgehead atoms. The molecule has 19 heavy (non-hydrogen) atoms. The summed E-state index contributed by atoms with van der Waals surface area (Å²) >= 11 is 0. The first-order valence-electron chi connectivity index (χ1n) is 5.88. The standard InChI is InChI=1S/C14H11N3O2/c18-16-13-7-3-1-5-11(13)9-15-10-12-6-2-4-8-14(12)17(16)19/h1-9H,10H2/b15-9?,17-16-. The molecule has 2 aromatic carbocycles. The number of azo groups is 1. The predicted molar refractivity (Wildman–Crippen MR) is 70.8 cm³/mol. The summed E-state index contributed by atoms with van der Waals surface area (Å²) in [6.45, 7) is 0.372. The van der Waals surface area contributed by atoms with Gasteiger partial charge in [0.15, 0.2) is 0 Å². The molecule has 0 aliphatic carbocycles. The van der Waals surface area contributed by atoms with E-state index in [9.17, 15) is 10.4 Å². The van der Waals surface area contributed by atoms with E-state index in [1.165, 1.54) is 0 Å². The Bertz CT molecular complexity index is 693. The molecule has 1 aliphatic rings. The fourth-order valence-electron chi connectivity index (χ4n) is 2.04. The monoisotopic (exact) mass is 253 g/mol. The van der Waals surface area contributed by atoms with Crippen LogP contribution in [-0.2, 0) is 6.54 Å². The van der Waals surface area contributed by atoms with Gasteiger partial charge < -0.3 is 10.4 Å². The van der Waals surface area contributed by atoms with Gasteiger partial charge >= 0.3 is 0 Å². The summed E-state index contributed by atoms with van der Waals surface area (Å²) in [5.74, 6) is 0. The quantitative estimate of drug-likeness (QED) is 0.535. The minimum absolute atomic E-state index is 0.290. The van der Waals surface area contributed by atoms with E-state index in [4.69, 9.17) is 0 Å². The van der Waals surface area contributed by atoms with Crippen LogP contribution in [0.15, 0.2) is 53.5 Å². The van der Waals surface area contributed by atoms with Crippen LogP contribution in [0.4, 0.5) is 11.4 Å². The molecule has 0 fully saturated rings. The van der Waals surface area contributed by atoms with Crippen LogP contribution in [0.1, 0.15) is 11.1 Å². The minimum Gasteiger partial charge on any atom is -0.561 e. The lowest BCUT2D eigenvalue weighted by atomic mass is 10.2. The zero-order valence-electron chi connectivity index (χ0n) is 10.1. The average Bonchev–Trinajstić information content (AvgIpc) is 2.51. The van der Waals surface area contributed by atoms with Gasteiger partial charge in [-0.3, -0.25) is 4.99 Å². The van der Waals surface area contributed by atoms with Crippen molar-refractivity contribution in [2.45, 2.75) is 6.54 Å². The minimum atomic E-state index is 0.290. The average molecular weight is 253 g/mol. The third-order valence-electron chi connectivity index (χ3n) is 3.00. The van der Waals surface area contributed by atoms with Gasteiger partial charge in [0.05, 0.1) is 27.4 Å². The summed E-state index contributed by atoms with van der Waals surface area (Å²) in [5, 5.41) is 24.4. The molecule has 5 heteroatoms. The Hall–Kier alpha value is -2.69. The van der Waals surface area contributed by atoms with Gasteiger partial charge in [-0.1, -0.05) is 30.3 Å². The SMILES string of the molecule is [O-]/[N+]1=[N+](\[O-])c2ccccc2CN=Cc2ccccc21. The maximum absolute atomic E-state index is 12.2. The third kappa shape index (κ3) is 1.95.